The molecule has 0 saturated heterocycles. The van der Waals surface area contributed by atoms with Gasteiger partial charge in [-0.3, -0.25) is 4.79 Å². The molecular weight excluding hydrogens is 290 g/mol. The van der Waals surface area contributed by atoms with Crippen molar-refractivity contribution in [2.24, 2.45) is 0 Å². The normalized spacial score (nSPS) is 11.7. The summed E-state index contributed by atoms with van der Waals surface area (Å²) in [5, 5.41) is 11.4. The third kappa shape index (κ3) is 3.45. The van der Waals surface area contributed by atoms with Crippen LogP contribution in [0.5, 0.6) is 5.75 Å². The summed E-state index contributed by atoms with van der Waals surface area (Å²) in [6, 6.07) is 4.53. The predicted molar refractivity (Wildman–Crippen MR) is 65.3 cm³/mol. The summed E-state index contributed by atoms with van der Waals surface area (Å²) in [5.41, 5.74) is 0.0175. The Morgan fingerprint density at radius 1 is 1.47 bits per heavy atom. The molecule has 0 aliphatic carbocycles. The van der Waals surface area contributed by atoms with Crippen molar-refractivity contribution in [1.82, 2.24) is 5.32 Å². The number of halogens is 1. The van der Waals surface area contributed by atoms with Gasteiger partial charge in [-0.25, -0.2) is 4.79 Å². The second-order valence-corrected chi connectivity index (χ2v) is 4.24. The van der Waals surface area contributed by atoms with Gasteiger partial charge in [0, 0.05) is 11.5 Å². The molecule has 0 radical (unpaired) electrons. The van der Waals surface area contributed by atoms with Gasteiger partial charge in [-0.15, -0.1) is 0 Å². The van der Waals surface area contributed by atoms with Crippen molar-refractivity contribution in [3.05, 3.63) is 28.2 Å². The molecule has 6 heteroatoms. The number of ether oxygens (including phenoxy) is 1. The van der Waals surface area contributed by atoms with Gasteiger partial charge in [-0.1, -0.05) is 15.9 Å². The van der Waals surface area contributed by atoms with Gasteiger partial charge in [0.15, 0.2) is 6.10 Å². The number of hydrogen-bond donors (Lipinski definition) is 2. The lowest BCUT2D eigenvalue weighted by molar-refractivity contribution is -0.126. The third-order valence-corrected chi connectivity index (χ3v) is 2.59. The van der Waals surface area contributed by atoms with Gasteiger partial charge in [0.2, 0.25) is 0 Å². The van der Waals surface area contributed by atoms with Crippen LogP contribution in [0.25, 0.3) is 0 Å². The number of benzene rings is 1. The Morgan fingerprint density at radius 2 is 2.12 bits per heavy atom. The van der Waals surface area contributed by atoms with Gasteiger partial charge >= 0.3 is 5.97 Å². The number of carboxylic acid groups (broad SMARTS) is 1. The van der Waals surface area contributed by atoms with Crippen LogP contribution in [0.4, 0.5) is 0 Å². The second-order valence-electron chi connectivity index (χ2n) is 3.32. The lowest BCUT2D eigenvalue weighted by atomic mass is 10.2. The molecule has 5 nitrogen and oxygen atoms in total. The van der Waals surface area contributed by atoms with E-state index in [1.165, 1.54) is 19.2 Å². The molecule has 0 fully saturated rings. The zero-order valence-electron chi connectivity index (χ0n) is 9.36. The highest BCUT2D eigenvalue weighted by Gasteiger charge is 2.17. The number of carboxylic acids is 1. The second kappa shape index (κ2) is 5.67. The number of nitrogens with one attached hydrogen (secondary N) is 1. The summed E-state index contributed by atoms with van der Waals surface area (Å²) >= 11 is 3.22. The fraction of sp³-hybridized carbons (Fsp3) is 0.273. The standard InChI is InChI=1S/C11H12BrNO4/c1-6(10(14)13-2)17-9-5-7(12)3-4-8(9)11(15)16/h3-6H,1-2H3,(H,13,14)(H,15,16). The van der Waals surface area contributed by atoms with E-state index in [-0.39, 0.29) is 17.2 Å². The quantitative estimate of drug-likeness (QED) is 0.887. The monoisotopic (exact) mass is 301 g/mol. The van der Waals surface area contributed by atoms with Crippen LogP contribution in [0.15, 0.2) is 22.7 Å². The van der Waals surface area contributed by atoms with Crippen LogP contribution in [-0.2, 0) is 4.79 Å². The Kier molecular flexibility index (Phi) is 4.51. The van der Waals surface area contributed by atoms with Gasteiger partial charge in [-0.05, 0) is 25.1 Å². The molecule has 1 amide bonds. The van der Waals surface area contributed by atoms with E-state index in [1.54, 1.807) is 13.0 Å². The molecule has 1 unspecified atom stereocenters. The van der Waals surface area contributed by atoms with Gasteiger partial charge in [0.1, 0.15) is 11.3 Å². The zero-order valence-corrected chi connectivity index (χ0v) is 10.9. The summed E-state index contributed by atoms with van der Waals surface area (Å²) in [7, 11) is 1.49. The molecule has 0 aliphatic heterocycles. The first kappa shape index (κ1) is 13.5. The molecule has 0 aromatic heterocycles. The summed E-state index contributed by atoms with van der Waals surface area (Å²) < 4.78 is 6.00. The molecule has 1 aromatic rings. The lowest BCUT2D eigenvalue weighted by Crippen LogP contribution is -2.34. The highest BCUT2D eigenvalue weighted by molar-refractivity contribution is 9.10. The van der Waals surface area contributed by atoms with E-state index in [0.29, 0.717) is 4.47 Å². The van der Waals surface area contributed by atoms with E-state index < -0.39 is 12.1 Å². The minimum atomic E-state index is -1.10. The molecule has 0 spiro atoms. The fourth-order valence-electron chi connectivity index (χ4n) is 1.22. The molecule has 0 aliphatic rings. The maximum atomic E-state index is 11.3. The number of likely N-dealkylation sites (N-methyl/N-ethyl adjacent to an activating group) is 1. The number of hydrogen-bond acceptors (Lipinski definition) is 3. The number of amides is 1. The van der Waals surface area contributed by atoms with Crippen LogP contribution >= 0.6 is 15.9 Å². The average molecular weight is 302 g/mol. The van der Waals surface area contributed by atoms with Gasteiger partial charge < -0.3 is 15.2 Å². The molecule has 2 N–H and O–H groups in total. The highest BCUT2D eigenvalue weighted by Crippen LogP contribution is 2.24. The number of aromatic carboxylic acids is 1. The maximum absolute atomic E-state index is 11.3. The Hall–Kier alpha value is -1.56. The van der Waals surface area contributed by atoms with Crippen molar-refractivity contribution < 1.29 is 19.4 Å². The summed E-state index contributed by atoms with van der Waals surface area (Å²) in [6.07, 6.45) is -0.757. The van der Waals surface area contributed by atoms with Gasteiger partial charge in [0.25, 0.3) is 5.91 Å². The largest absolute Gasteiger partial charge is 0.480 e. The van der Waals surface area contributed by atoms with Crippen molar-refractivity contribution in [2.75, 3.05) is 7.05 Å². The Morgan fingerprint density at radius 3 is 2.65 bits per heavy atom. The molecule has 17 heavy (non-hydrogen) atoms. The van der Waals surface area contributed by atoms with E-state index in [4.69, 9.17) is 9.84 Å². The molecule has 0 saturated carbocycles. The molecule has 92 valence electrons. The average Bonchev–Trinajstić information content (AvgIpc) is 2.27. The minimum absolute atomic E-state index is 0.0175. The van der Waals surface area contributed by atoms with Crippen molar-refractivity contribution in [3.8, 4) is 5.75 Å². The van der Waals surface area contributed by atoms with Crippen LogP contribution in [0.3, 0.4) is 0 Å². The van der Waals surface area contributed by atoms with Crippen LogP contribution in [0, 0.1) is 0 Å². The summed E-state index contributed by atoms with van der Waals surface area (Å²) in [6.45, 7) is 1.55. The molecule has 1 atom stereocenters. The smallest absolute Gasteiger partial charge is 0.339 e. The van der Waals surface area contributed by atoms with E-state index in [0.717, 1.165) is 0 Å². The van der Waals surface area contributed by atoms with E-state index >= 15 is 0 Å². The lowest BCUT2D eigenvalue weighted by Gasteiger charge is -2.15. The molecule has 0 heterocycles. The van der Waals surface area contributed by atoms with Crippen LogP contribution in [0.1, 0.15) is 17.3 Å². The van der Waals surface area contributed by atoms with Crippen molar-refractivity contribution in [2.45, 2.75) is 13.0 Å². The van der Waals surface area contributed by atoms with E-state index in [2.05, 4.69) is 21.2 Å². The Labute approximate surface area is 107 Å². The van der Waals surface area contributed by atoms with E-state index in [1.807, 2.05) is 0 Å². The first-order valence-corrected chi connectivity index (χ1v) is 5.66. The van der Waals surface area contributed by atoms with E-state index in [9.17, 15) is 9.59 Å². The van der Waals surface area contributed by atoms with Crippen LogP contribution < -0.4 is 10.1 Å². The molecule has 1 aromatic carbocycles. The highest BCUT2D eigenvalue weighted by atomic mass is 79.9. The van der Waals surface area contributed by atoms with Gasteiger partial charge in [0.05, 0.1) is 0 Å². The van der Waals surface area contributed by atoms with Crippen LogP contribution in [0.2, 0.25) is 0 Å². The first-order valence-electron chi connectivity index (χ1n) is 4.86. The molecule has 1 rings (SSSR count). The fourth-order valence-corrected chi connectivity index (χ4v) is 1.56. The zero-order chi connectivity index (χ0) is 13.0. The number of carbonyl (C=O) groups is 2. The molecule has 0 bridgehead atoms. The Bertz CT molecular complexity index is 447. The number of rotatable bonds is 4. The first-order chi connectivity index (χ1) is 7.95. The molecular formula is C11H12BrNO4. The predicted octanol–water partition coefficient (Wildman–Crippen LogP) is 1.66. The Balaban J connectivity index is 3.00. The third-order valence-electron chi connectivity index (χ3n) is 2.09. The number of carbonyl (C=O) groups excluding carboxylic acids is 1. The van der Waals surface area contributed by atoms with Crippen LogP contribution in [-0.4, -0.2) is 30.1 Å². The van der Waals surface area contributed by atoms with Crippen molar-refractivity contribution in [1.29, 1.82) is 0 Å². The SMILES string of the molecule is CNC(=O)C(C)Oc1cc(Br)ccc1C(=O)O. The summed E-state index contributed by atoms with van der Waals surface area (Å²) in [4.78, 5) is 22.2. The van der Waals surface area contributed by atoms with Gasteiger partial charge in [-0.2, -0.15) is 0 Å². The van der Waals surface area contributed by atoms with Crippen molar-refractivity contribution >= 4 is 27.8 Å². The topological polar surface area (TPSA) is 75.6 Å². The maximum Gasteiger partial charge on any atom is 0.339 e. The van der Waals surface area contributed by atoms with Crippen molar-refractivity contribution in [3.63, 3.8) is 0 Å². The summed E-state index contributed by atoms with van der Waals surface area (Å²) in [5.74, 6) is -1.26. The minimum Gasteiger partial charge on any atom is -0.480 e.